The molecule has 0 aromatic carbocycles. The Hall–Kier alpha value is -0.160. The lowest BCUT2D eigenvalue weighted by molar-refractivity contribution is 0.117. The molecule has 11 heavy (non-hydrogen) atoms. The summed E-state index contributed by atoms with van der Waals surface area (Å²) in [6.07, 6.45) is -0.361. The molecule has 68 valence electrons. The number of aliphatic hydroxyl groups is 1. The molecule has 0 rings (SSSR count). The number of nitrogens with two attached hydrogens (primary N) is 1. The van der Waals surface area contributed by atoms with Crippen LogP contribution in [-0.2, 0) is 0 Å². The fraction of sp³-hybridized carbons (Fsp3) is 1.00. The summed E-state index contributed by atoms with van der Waals surface area (Å²) in [5.41, 5.74) is 2.44. The van der Waals surface area contributed by atoms with Gasteiger partial charge in [-0.05, 0) is 13.1 Å². The number of nitrogens with zero attached hydrogens (tertiary/aromatic N) is 1. The van der Waals surface area contributed by atoms with E-state index < -0.39 is 0 Å². The molecule has 0 bridgehead atoms. The van der Waals surface area contributed by atoms with Crippen LogP contribution in [0.15, 0.2) is 0 Å². The Bertz CT molecular complexity index is 85.8. The number of aliphatic hydroxyl groups excluding tert-OH is 1. The van der Waals surface area contributed by atoms with Gasteiger partial charge in [-0.15, -0.1) is 0 Å². The summed E-state index contributed by atoms with van der Waals surface area (Å²) in [6, 6.07) is 0. The molecule has 0 aromatic heterocycles. The highest BCUT2D eigenvalue weighted by Crippen LogP contribution is 1.89. The van der Waals surface area contributed by atoms with Crippen LogP contribution in [0.1, 0.15) is 13.8 Å². The zero-order chi connectivity index (χ0) is 8.69. The maximum Gasteiger partial charge on any atom is 0.0805 e. The first-order chi connectivity index (χ1) is 5.24. The molecule has 0 amide bonds. The third-order valence-corrected chi connectivity index (χ3v) is 1.72. The predicted octanol–water partition coefficient (Wildman–Crippen LogP) is -0.848. The van der Waals surface area contributed by atoms with E-state index in [1.54, 1.807) is 0 Å². The van der Waals surface area contributed by atoms with Gasteiger partial charge in [0.25, 0.3) is 0 Å². The fourth-order valence-electron chi connectivity index (χ4n) is 0.980. The van der Waals surface area contributed by atoms with Gasteiger partial charge in [-0.3, -0.25) is 11.3 Å². The Morgan fingerprint density at radius 3 is 2.36 bits per heavy atom. The van der Waals surface area contributed by atoms with Crippen molar-refractivity contribution in [1.82, 2.24) is 10.3 Å². The second kappa shape index (κ2) is 6.54. The molecule has 0 aliphatic carbocycles. The van der Waals surface area contributed by atoms with E-state index in [-0.39, 0.29) is 6.10 Å². The maximum absolute atomic E-state index is 9.30. The SMILES string of the molecule is CCN(CC)CC(O)CNN. The highest BCUT2D eigenvalue weighted by atomic mass is 16.3. The number of hydrogen-bond acceptors (Lipinski definition) is 4. The minimum Gasteiger partial charge on any atom is -0.390 e. The second-order valence-electron chi connectivity index (χ2n) is 2.55. The zero-order valence-corrected chi connectivity index (χ0v) is 7.38. The highest BCUT2D eigenvalue weighted by Gasteiger charge is 2.06. The Kier molecular flexibility index (Phi) is 6.45. The van der Waals surface area contributed by atoms with E-state index in [4.69, 9.17) is 5.84 Å². The minimum atomic E-state index is -0.361. The first kappa shape index (κ1) is 10.8. The van der Waals surface area contributed by atoms with Crippen molar-refractivity contribution in [3.8, 4) is 0 Å². The molecule has 0 fully saturated rings. The number of hydrogen-bond donors (Lipinski definition) is 3. The molecular formula is C7H19N3O. The van der Waals surface area contributed by atoms with Gasteiger partial charge in [0.05, 0.1) is 6.10 Å². The fourth-order valence-corrected chi connectivity index (χ4v) is 0.980. The van der Waals surface area contributed by atoms with Crippen molar-refractivity contribution in [2.75, 3.05) is 26.2 Å². The molecule has 4 nitrogen and oxygen atoms in total. The average molecular weight is 161 g/mol. The molecule has 0 aromatic rings. The van der Waals surface area contributed by atoms with Crippen LogP contribution in [0.2, 0.25) is 0 Å². The molecule has 0 aliphatic heterocycles. The molecule has 0 radical (unpaired) electrons. The van der Waals surface area contributed by atoms with Crippen LogP contribution in [0, 0.1) is 0 Å². The highest BCUT2D eigenvalue weighted by molar-refractivity contribution is 4.62. The van der Waals surface area contributed by atoms with E-state index in [0.29, 0.717) is 13.1 Å². The summed E-state index contributed by atoms with van der Waals surface area (Å²) in [5, 5.41) is 9.30. The van der Waals surface area contributed by atoms with Gasteiger partial charge >= 0.3 is 0 Å². The standard InChI is InChI=1S/C7H19N3O/c1-3-10(4-2)6-7(11)5-9-8/h7,9,11H,3-6,8H2,1-2H3. The van der Waals surface area contributed by atoms with Crippen LogP contribution in [0.5, 0.6) is 0 Å². The summed E-state index contributed by atoms with van der Waals surface area (Å²) >= 11 is 0. The van der Waals surface area contributed by atoms with Crippen molar-refractivity contribution in [2.45, 2.75) is 20.0 Å². The van der Waals surface area contributed by atoms with Crippen LogP contribution >= 0.6 is 0 Å². The number of likely N-dealkylation sites (N-methyl/N-ethyl adjacent to an activating group) is 1. The van der Waals surface area contributed by atoms with Gasteiger partial charge in [0, 0.05) is 13.1 Å². The lowest BCUT2D eigenvalue weighted by Gasteiger charge is -2.21. The third kappa shape index (κ3) is 5.15. The van der Waals surface area contributed by atoms with E-state index in [9.17, 15) is 5.11 Å². The Labute approximate surface area is 68.3 Å². The first-order valence-electron chi connectivity index (χ1n) is 4.08. The number of hydrazine groups is 1. The molecule has 0 saturated heterocycles. The summed E-state index contributed by atoms with van der Waals surface area (Å²) in [5.74, 6) is 5.06. The first-order valence-corrected chi connectivity index (χ1v) is 4.08. The molecule has 0 saturated carbocycles. The molecule has 4 N–H and O–H groups in total. The summed E-state index contributed by atoms with van der Waals surface area (Å²) in [6.45, 7) is 7.24. The molecule has 4 heteroatoms. The third-order valence-electron chi connectivity index (χ3n) is 1.72. The van der Waals surface area contributed by atoms with Crippen LogP contribution in [0.4, 0.5) is 0 Å². The van der Waals surface area contributed by atoms with Gasteiger partial charge in [-0.2, -0.15) is 0 Å². The molecule has 1 unspecified atom stereocenters. The quantitative estimate of drug-likeness (QED) is 0.351. The Morgan fingerprint density at radius 1 is 1.45 bits per heavy atom. The molecule has 0 aliphatic rings. The van der Waals surface area contributed by atoms with E-state index in [1.807, 2.05) is 0 Å². The number of nitrogens with one attached hydrogen (secondary N) is 1. The van der Waals surface area contributed by atoms with Gasteiger partial charge in [0.15, 0.2) is 0 Å². The van der Waals surface area contributed by atoms with E-state index in [0.717, 1.165) is 13.1 Å². The van der Waals surface area contributed by atoms with Gasteiger partial charge in [0.1, 0.15) is 0 Å². The van der Waals surface area contributed by atoms with Crippen LogP contribution in [0.3, 0.4) is 0 Å². The van der Waals surface area contributed by atoms with Crippen molar-refractivity contribution in [3.05, 3.63) is 0 Å². The van der Waals surface area contributed by atoms with Crippen molar-refractivity contribution in [2.24, 2.45) is 5.84 Å². The van der Waals surface area contributed by atoms with Crippen LogP contribution in [0.25, 0.3) is 0 Å². The normalized spacial score (nSPS) is 13.9. The van der Waals surface area contributed by atoms with Gasteiger partial charge < -0.3 is 10.0 Å². The lowest BCUT2D eigenvalue weighted by Crippen LogP contribution is -2.40. The largest absolute Gasteiger partial charge is 0.390 e. The van der Waals surface area contributed by atoms with Crippen LogP contribution < -0.4 is 11.3 Å². The molecule has 0 spiro atoms. The van der Waals surface area contributed by atoms with Gasteiger partial charge in [-0.25, -0.2) is 0 Å². The Morgan fingerprint density at radius 2 is 2.00 bits per heavy atom. The van der Waals surface area contributed by atoms with Gasteiger partial charge in [0.2, 0.25) is 0 Å². The predicted molar refractivity (Wildman–Crippen MR) is 46.0 cm³/mol. The zero-order valence-electron chi connectivity index (χ0n) is 7.38. The monoisotopic (exact) mass is 161 g/mol. The van der Waals surface area contributed by atoms with Crippen molar-refractivity contribution in [3.63, 3.8) is 0 Å². The summed E-state index contributed by atoms with van der Waals surface area (Å²) < 4.78 is 0. The van der Waals surface area contributed by atoms with Gasteiger partial charge in [-0.1, -0.05) is 13.8 Å². The smallest absolute Gasteiger partial charge is 0.0805 e. The van der Waals surface area contributed by atoms with E-state index in [2.05, 4.69) is 24.2 Å². The summed E-state index contributed by atoms with van der Waals surface area (Å²) in [4.78, 5) is 2.15. The average Bonchev–Trinajstić information content (AvgIpc) is 2.01. The van der Waals surface area contributed by atoms with E-state index >= 15 is 0 Å². The second-order valence-corrected chi connectivity index (χ2v) is 2.55. The topological polar surface area (TPSA) is 61.5 Å². The maximum atomic E-state index is 9.30. The van der Waals surface area contributed by atoms with Crippen molar-refractivity contribution >= 4 is 0 Å². The number of rotatable bonds is 6. The van der Waals surface area contributed by atoms with Crippen molar-refractivity contribution < 1.29 is 5.11 Å². The van der Waals surface area contributed by atoms with Crippen LogP contribution in [-0.4, -0.2) is 42.3 Å². The summed E-state index contributed by atoms with van der Waals surface area (Å²) in [7, 11) is 0. The molecular weight excluding hydrogens is 142 g/mol. The lowest BCUT2D eigenvalue weighted by atomic mass is 10.3. The van der Waals surface area contributed by atoms with Crippen molar-refractivity contribution in [1.29, 1.82) is 0 Å². The molecule has 0 heterocycles. The van der Waals surface area contributed by atoms with E-state index in [1.165, 1.54) is 0 Å². The molecule has 1 atom stereocenters. The Balaban J connectivity index is 3.44. The minimum absolute atomic E-state index is 0.361.